The van der Waals surface area contributed by atoms with Crippen LogP contribution in [0, 0.1) is 5.92 Å². The van der Waals surface area contributed by atoms with Gasteiger partial charge in [-0.2, -0.15) is 0 Å². The Labute approximate surface area is 191 Å². The Morgan fingerprint density at radius 3 is 2.50 bits per heavy atom. The molecule has 1 heterocycles. The first-order valence-corrected chi connectivity index (χ1v) is 11.3. The number of aliphatic imine (C=N–C) groups is 1. The van der Waals surface area contributed by atoms with Gasteiger partial charge >= 0.3 is 0 Å². The van der Waals surface area contributed by atoms with Gasteiger partial charge in [0.25, 0.3) is 0 Å². The van der Waals surface area contributed by atoms with Crippen molar-refractivity contribution in [3.05, 3.63) is 83.9 Å². The number of nitrogens with one attached hydrogen (secondary N) is 2. The Bertz CT molecular complexity index is 963. The molecule has 0 fully saturated rings. The highest BCUT2D eigenvalue weighted by molar-refractivity contribution is 5.80. The molecule has 2 aromatic carbocycles. The van der Waals surface area contributed by atoms with Gasteiger partial charge in [-0.15, -0.1) is 0 Å². The molecule has 6 heteroatoms. The van der Waals surface area contributed by atoms with Crippen LogP contribution >= 0.6 is 0 Å². The number of imidazole rings is 1. The van der Waals surface area contributed by atoms with Gasteiger partial charge in [0.1, 0.15) is 11.6 Å². The highest BCUT2D eigenvalue weighted by Crippen LogP contribution is 2.18. The average molecular weight is 434 g/mol. The lowest BCUT2D eigenvalue weighted by Gasteiger charge is -2.19. The third-order valence-corrected chi connectivity index (χ3v) is 5.18. The lowest BCUT2D eigenvalue weighted by atomic mass is 10.1. The molecule has 32 heavy (non-hydrogen) atoms. The van der Waals surface area contributed by atoms with E-state index >= 15 is 0 Å². The molecule has 1 unspecified atom stereocenters. The zero-order valence-electron chi connectivity index (χ0n) is 19.6. The average Bonchev–Trinajstić information content (AvgIpc) is 3.24. The molecule has 170 valence electrons. The molecule has 0 aliphatic heterocycles. The Morgan fingerprint density at radius 2 is 1.81 bits per heavy atom. The SMILES string of the molecule is CN=C(NCCc1nccn1Cc1ccccc1)NC(C)c1ccc(OCC(C)C)cc1. The first-order valence-electron chi connectivity index (χ1n) is 11.3. The predicted molar refractivity (Wildman–Crippen MR) is 131 cm³/mol. The van der Waals surface area contributed by atoms with Gasteiger partial charge in [0.05, 0.1) is 12.6 Å². The van der Waals surface area contributed by atoms with E-state index in [9.17, 15) is 0 Å². The number of benzene rings is 2. The van der Waals surface area contributed by atoms with E-state index in [4.69, 9.17) is 4.74 Å². The highest BCUT2D eigenvalue weighted by Gasteiger charge is 2.09. The number of hydrogen-bond acceptors (Lipinski definition) is 3. The van der Waals surface area contributed by atoms with E-state index in [2.05, 4.69) is 82.3 Å². The van der Waals surface area contributed by atoms with Crippen molar-refractivity contribution in [2.75, 3.05) is 20.2 Å². The van der Waals surface area contributed by atoms with Crippen molar-refractivity contribution in [2.45, 2.75) is 39.8 Å². The van der Waals surface area contributed by atoms with Crippen molar-refractivity contribution in [1.82, 2.24) is 20.2 Å². The summed E-state index contributed by atoms with van der Waals surface area (Å²) in [7, 11) is 1.79. The zero-order chi connectivity index (χ0) is 22.8. The summed E-state index contributed by atoms with van der Waals surface area (Å²) in [6.45, 7) is 8.74. The molecule has 0 saturated heterocycles. The van der Waals surface area contributed by atoms with E-state index in [1.54, 1.807) is 7.05 Å². The minimum Gasteiger partial charge on any atom is -0.493 e. The quantitative estimate of drug-likeness (QED) is 0.367. The number of guanidine groups is 1. The third-order valence-electron chi connectivity index (χ3n) is 5.18. The van der Waals surface area contributed by atoms with Gasteiger partial charge in [-0.05, 0) is 36.1 Å². The molecule has 6 nitrogen and oxygen atoms in total. The van der Waals surface area contributed by atoms with Crippen molar-refractivity contribution < 1.29 is 4.74 Å². The maximum absolute atomic E-state index is 5.78. The molecule has 0 bridgehead atoms. The zero-order valence-corrected chi connectivity index (χ0v) is 19.6. The summed E-state index contributed by atoms with van der Waals surface area (Å²) >= 11 is 0. The number of hydrogen-bond donors (Lipinski definition) is 2. The van der Waals surface area contributed by atoms with Gasteiger partial charge in [0.15, 0.2) is 5.96 Å². The van der Waals surface area contributed by atoms with Gasteiger partial charge in [-0.3, -0.25) is 4.99 Å². The Hall–Kier alpha value is -3.28. The number of nitrogens with zero attached hydrogens (tertiary/aromatic N) is 3. The van der Waals surface area contributed by atoms with Gasteiger partial charge in [-0.1, -0.05) is 56.3 Å². The first kappa shape index (κ1) is 23.4. The summed E-state index contributed by atoms with van der Waals surface area (Å²) < 4.78 is 7.97. The number of rotatable bonds is 10. The van der Waals surface area contributed by atoms with Crippen LogP contribution in [0.5, 0.6) is 5.75 Å². The molecule has 2 N–H and O–H groups in total. The second kappa shape index (κ2) is 11.9. The lowest BCUT2D eigenvalue weighted by molar-refractivity contribution is 0.271. The lowest BCUT2D eigenvalue weighted by Crippen LogP contribution is -2.39. The highest BCUT2D eigenvalue weighted by atomic mass is 16.5. The van der Waals surface area contributed by atoms with Crippen molar-refractivity contribution >= 4 is 5.96 Å². The maximum Gasteiger partial charge on any atom is 0.191 e. The minimum atomic E-state index is 0.125. The second-order valence-corrected chi connectivity index (χ2v) is 8.35. The van der Waals surface area contributed by atoms with Crippen LogP contribution in [0.1, 0.15) is 43.8 Å². The third kappa shape index (κ3) is 7.15. The van der Waals surface area contributed by atoms with E-state index in [-0.39, 0.29) is 6.04 Å². The fraction of sp³-hybridized carbons (Fsp3) is 0.385. The van der Waals surface area contributed by atoms with Crippen LogP contribution in [0.3, 0.4) is 0 Å². The molecular formula is C26H35N5O. The normalized spacial score (nSPS) is 12.6. The van der Waals surface area contributed by atoms with Gasteiger partial charge in [0, 0.05) is 39.0 Å². The first-order chi connectivity index (χ1) is 15.5. The van der Waals surface area contributed by atoms with Crippen LogP contribution in [0.2, 0.25) is 0 Å². The topological polar surface area (TPSA) is 63.5 Å². The summed E-state index contributed by atoms with van der Waals surface area (Å²) in [4.78, 5) is 8.90. The van der Waals surface area contributed by atoms with Crippen LogP contribution in [-0.2, 0) is 13.0 Å². The van der Waals surface area contributed by atoms with Crippen molar-refractivity contribution in [2.24, 2.45) is 10.9 Å². The fourth-order valence-electron chi connectivity index (χ4n) is 3.38. The van der Waals surface area contributed by atoms with Gasteiger partial charge < -0.3 is 19.9 Å². The van der Waals surface area contributed by atoms with Crippen LogP contribution in [-0.4, -0.2) is 35.7 Å². The van der Waals surface area contributed by atoms with Crippen molar-refractivity contribution in [3.8, 4) is 5.75 Å². The summed E-state index contributed by atoms with van der Waals surface area (Å²) in [5.74, 6) is 3.25. The van der Waals surface area contributed by atoms with E-state index in [1.165, 1.54) is 11.1 Å². The molecule has 3 aromatic rings. The monoisotopic (exact) mass is 433 g/mol. The molecule has 0 spiro atoms. The molecule has 0 aliphatic rings. The van der Waals surface area contributed by atoms with Crippen LogP contribution < -0.4 is 15.4 Å². The van der Waals surface area contributed by atoms with Crippen molar-refractivity contribution in [3.63, 3.8) is 0 Å². The summed E-state index contributed by atoms with van der Waals surface area (Å²) in [5.41, 5.74) is 2.45. The second-order valence-electron chi connectivity index (χ2n) is 8.35. The minimum absolute atomic E-state index is 0.125. The molecule has 0 aliphatic carbocycles. The Kier molecular flexibility index (Phi) is 8.72. The van der Waals surface area contributed by atoms with Gasteiger partial charge in [-0.25, -0.2) is 4.98 Å². The molecule has 1 atom stereocenters. The van der Waals surface area contributed by atoms with Crippen LogP contribution in [0.25, 0.3) is 0 Å². The summed E-state index contributed by atoms with van der Waals surface area (Å²) in [5, 5.41) is 6.86. The summed E-state index contributed by atoms with van der Waals surface area (Å²) in [6, 6.07) is 18.8. The Morgan fingerprint density at radius 1 is 1.06 bits per heavy atom. The largest absolute Gasteiger partial charge is 0.493 e. The van der Waals surface area contributed by atoms with E-state index in [0.29, 0.717) is 5.92 Å². The fourth-order valence-corrected chi connectivity index (χ4v) is 3.38. The molecular weight excluding hydrogens is 398 g/mol. The molecule has 3 rings (SSSR count). The van der Waals surface area contributed by atoms with E-state index in [1.807, 2.05) is 30.6 Å². The standard InChI is InChI=1S/C26H35N5O/c1-20(2)19-32-24-12-10-23(11-13-24)21(3)30-26(27-4)29-15-14-25-28-16-17-31(25)18-22-8-6-5-7-9-22/h5-13,16-17,20-21H,14-15,18-19H2,1-4H3,(H2,27,29,30). The smallest absolute Gasteiger partial charge is 0.191 e. The summed E-state index contributed by atoms with van der Waals surface area (Å²) in [6.07, 6.45) is 4.71. The van der Waals surface area contributed by atoms with E-state index in [0.717, 1.165) is 43.7 Å². The van der Waals surface area contributed by atoms with Crippen molar-refractivity contribution in [1.29, 1.82) is 0 Å². The number of ether oxygens (including phenoxy) is 1. The molecule has 1 aromatic heterocycles. The maximum atomic E-state index is 5.78. The van der Waals surface area contributed by atoms with E-state index < -0.39 is 0 Å². The molecule has 0 saturated carbocycles. The molecule has 0 amide bonds. The van der Waals surface area contributed by atoms with Crippen LogP contribution in [0.4, 0.5) is 0 Å². The predicted octanol–water partition coefficient (Wildman–Crippen LogP) is 4.43. The molecule has 0 radical (unpaired) electrons. The van der Waals surface area contributed by atoms with Gasteiger partial charge in [0.2, 0.25) is 0 Å². The van der Waals surface area contributed by atoms with Crippen LogP contribution in [0.15, 0.2) is 72.0 Å². The number of aromatic nitrogens is 2. The Balaban J connectivity index is 1.48.